The van der Waals surface area contributed by atoms with E-state index in [9.17, 15) is 4.79 Å². The maximum Gasteiger partial charge on any atom is 0.219 e. The van der Waals surface area contributed by atoms with E-state index < -0.39 is 0 Å². The molecule has 15 heavy (non-hydrogen) atoms. The molecule has 1 heterocycles. The quantitative estimate of drug-likeness (QED) is 0.749. The molecule has 86 valence electrons. The lowest BCUT2D eigenvalue weighted by molar-refractivity contribution is -0.180. The highest BCUT2D eigenvalue weighted by Crippen LogP contribution is 2.35. The molecule has 1 aliphatic carbocycles. The van der Waals surface area contributed by atoms with Crippen LogP contribution in [0.3, 0.4) is 0 Å². The Hall–Kier alpha value is -0.610. The molecule has 0 radical (unpaired) electrons. The summed E-state index contributed by atoms with van der Waals surface area (Å²) in [5.41, 5.74) is 0. The van der Waals surface area contributed by atoms with Gasteiger partial charge in [0.05, 0.1) is 13.2 Å². The summed E-state index contributed by atoms with van der Waals surface area (Å²) in [5, 5.41) is 3.02. The highest BCUT2D eigenvalue weighted by atomic mass is 16.7. The Morgan fingerprint density at radius 2 is 1.93 bits per heavy atom. The number of rotatable bonds is 2. The highest BCUT2D eigenvalue weighted by molar-refractivity contribution is 5.75. The van der Waals surface area contributed by atoms with E-state index in [0.717, 1.165) is 25.7 Å². The second-order valence-electron chi connectivity index (χ2n) is 4.30. The Bertz CT molecular complexity index is 226. The van der Waals surface area contributed by atoms with Gasteiger partial charge in [-0.05, 0) is 12.8 Å². The minimum atomic E-state index is -0.312. The van der Waals surface area contributed by atoms with E-state index in [1.807, 2.05) is 6.92 Å². The molecule has 0 atom stereocenters. The zero-order chi connectivity index (χ0) is 10.7. The van der Waals surface area contributed by atoms with Crippen molar-refractivity contribution in [2.24, 2.45) is 0 Å². The van der Waals surface area contributed by atoms with E-state index in [4.69, 9.17) is 9.47 Å². The molecule has 1 saturated carbocycles. The van der Waals surface area contributed by atoms with Crippen molar-refractivity contribution < 1.29 is 14.3 Å². The van der Waals surface area contributed by atoms with Crippen LogP contribution >= 0.6 is 0 Å². The van der Waals surface area contributed by atoms with E-state index in [1.165, 1.54) is 0 Å². The lowest BCUT2D eigenvalue weighted by Crippen LogP contribution is -2.43. The number of ether oxygens (including phenoxy) is 2. The Morgan fingerprint density at radius 1 is 1.33 bits per heavy atom. The van der Waals surface area contributed by atoms with Crippen LogP contribution in [0.5, 0.6) is 0 Å². The van der Waals surface area contributed by atoms with E-state index in [1.54, 1.807) is 0 Å². The lowest BCUT2D eigenvalue weighted by atomic mass is 9.90. The lowest BCUT2D eigenvalue weighted by Gasteiger charge is -2.35. The topological polar surface area (TPSA) is 47.6 Å². The number of carbonyl (C=O) groups is 1. The van der Waals surface area contributed by atoms with Crippen LogP contribution in [-0.4, -0.2) is 30.9 Å². The Morgan fingerprint density at radius 3 is 2.47 bits per heavy atom. The first kappa shape index (κ1) is 10.9. The van der Waals surface area contributed by atoms with Crippen molar-refractivity contribution in [2.45, 2.75) is 50.9 Å². The summed E-state index contributed by atoms with van der Waals surface area (Å²) in [7, 11) is 0. The molecule has 2 rings (SSSR count). The molecule has 1 amide bonds. The molecule has 0 aromatic rings. The average molecular weight is 213 g/mol. The molecular formula is C11H19NO3. The van der Waals surface area contributed by atoms with Gasteiger partial charge in [-0.3, -0.25) is 4.79 Å². The molecule has 0 aromatic heterocycles. The summed E-state index contributed by atoms with van der Waals surface area (Å²) in [6.45, 7) is 3.31. The van der Waals surface area contributed by atoms with Crippen LogP contribution in [0.4, 0.5) is 0 Å². The molecule has 4 heteroatoms. The third kappa shape index (κ3) is 2.49. The molecule has 1 saturated heterocycles. The van der Waals surface area contributed by atoms with Crippen molar-refractivity contribution in [3.63, 3.8) is 0 Å². The first-order valence-electron chi connectivity index (χ1n) is 5.81. The fourth-order valence-corrected chi connectivity index (χ4v) is 2.32. The maximum absolute atomic E-state index is 11.2. The average Bonchev–Trinajstić information content (AvgIpc) is 2.70. The molecule has 2 fully saturated rings. The molecule has 2 aliphatic rings. The normalized spacial score (nSPS) is 25.7. The van der Waals surface area contributed by atoms with Crippen LogP contribution in [0.2, 0.25) is 0 Å². The third-order valence-corrected chi connectivity index (χ3v) is 3.25. The smallest absolute Gasteiger partial charge is 0.219 e. The number of carbonyl (C=O) groups excluding carboxylic acids is 1. The van der Waals surface area contributed by atoms with Crippen LogP contribution < -0.4 is 5.32 Å². The van der Waals surface area contributed by atoms with E-state index >= 15 is 0 Å². The number of hydrogen-bond acceptors (Lipinski definition) is 3. The second-order valence-corrected chi connectivity index (χ2v) is 4.30. The standard InChI is InChI=1S/C11H19NO3/c1-2-10(13)12-9-3-5-11(6-4-9)14-7-8-15-11/h9H,2-8H2,1H3,(H,12,13). The van der Waals surface area contributed by atoms with Crippen molar-refractivity contribution in [1.82, 2.24) is 5.32 Å². The molecule has 4 nitrogen and oxygen atoms in total. The molecule has 0 unspecified atom stereocenters. The van der Waals surface area contributed by atoms with Crippen LogP contribution in [0, 0.1) is 0 Å². The third-order valence-electron chi connectivity index (χ3n) is 3.25. The summed E-state index contributed by atoms with van der Waals surface area (Å²) in [4.78, 5) is 11.2. The SMILES string of the molecule is CCC(=O)NC1CCC2(CC1)OCCO2. The summed E-state index contributed by atoms with van der Waals surface area (Å²) in [6.07, 6.45) is 4.30. The number of hydrogen-bond donors (Lipinski definition) is 1. The zero-order valence-electron chi connectivity index (χ0n) is 9.25. The van der Waals surface area contributed by atoms with Gasteiger partial charge >= 0.3 is 0 Å². The predicted molar refractivity (Wildman–Crippen MR) is 55.3 cm³/mol. The van der Waals surface area contributed by atoms with Crippen molar-refractivity contribution in [1.29, 1.82) is 0 Å². The fraction of sp³-hybridized carbons (Fsp3) is 0.909. The predicted octanol–water partition coefficient (Wildman–Crippen LogP) is 1.20. The van der Waals surface area contributed by atoms with Crippen LogP contribution in [-0.2, 0) is 14.3 Å². The van der Waals surface area contributed by atoms with Crippen molar-refractivity contribution in [3.05, 3.63) is 0 Å². The summed E-state index contributed by atoms with van der Waals surface area (Å²) >= 11 is 0. The van der Waals surface area contributed by atoms with Crippen LogP contribution in [0.25, 0.3) is 0 Å². The van der Waals surface area contributed by atoms with Gasteiger partial charge in [-0.2, -0.15) is 0 Å². The Labute approximate surface area is 90.3 Å². The van der Waals surface area contributed by atoms with Gasteiger partial charge in [0.25, 0.3) is 0 Å². The van der Waals surface area contributed by atoms with Crippen LogP contribution in [0.1, 0.15) is 39.0 Å². The van der Waals surface area contributed by atoms with Crippen molar-refractivity contribution in [2.75, 3.05) is 13.2 Å². The van der Waals surface area contributed by atoms with Crippen molar-refractivity contribution in [3.8, 4) is 0 Å². The molecule has 1 aliphatic heterocycles. The first-order chi connectivity index (χ1) is 7.24. The Balaban J connectivity index is 1.79. The highest BCUT2D eigenvalue weighted by Gasteiger charge is 2.40. The van der Waals surface area contributed by atoms with Gasteiger partial charge in [-0.1, -0.05) is 6.92 Å². The van der Waals surface area contributed by atoms with Gasteiger partial charge < -0.3 is 14.8 Å². The van der Waals surface area contributed by atoms with E-state index in [2.05, 4.69) is 5.32 Å². The molecule has 1 spiro atoms. The van der Waals surface area contributed by atoms with Crippen molar-refractivity contribution >= 4 is 5.91 Å². The van der Waals surface area contributed by atoms with Gasteiger partial charge in [-0.15, -0.1) is 0 Å². The molecular weight excluding hydrogens is 194 g/mol. The van der Waals surface area contributed by atoms with Gasteiger partial charge in [0.1, 0.15) is 0 Å². The first-order valence-corrected chi connectivity index (χ1v) is 5.81. The molecule has 1 N–H and O–H groups in total. The summed E-state index contributed by atoms with van der Waals surface area (Å²) in [5.74, 6) is -0.169. The zero-order valence-corrected chi connectivity index (χ0v) is 9.25. The summed E-state index contributed by atoms with van der Waals surface area (Å²) in [6, 6.07) is 0.316. The largest absolute Gasteiger partial charge is 0.353 e. The molecule has 0 aromatic carbocycles. The fourth-order valence-electron chi connectivity index (χ4n) is 2.32. The summed E-state index contributed by atoms with van der Waals surface area (Å²) < 4.78 is 11.3. The second kappa shape index (κ2) is 4.49. The number of nitrogens with one attached hydrogen (secondary N) is 1. The monoisotopic (exact) mass is 213 g/mol. The van der Waals surface area contributed by atoms with E-state index in [-0.39, 0.29) is 11.7 Å². The maximum atomic E-state index is 11.2. The van der Waals surface area contributed by atoms with Gasteiger partial charge in [0, 0.05) is 25.3 Å². The van der Waals surface area contributed by atoms with Crippen LogP contribution in [0.15, 0.2) is 0 Å². The molecule has 0 bridgehead atoms. The van der Waals surface area contributed by atoms with Gasteiger partial charge in [-0.25, -0.2) is 0 Å². The minimum absolute atomic E-state index is 0.143. The van der Waals surface area contributed by atoms with Gasteiger partial charge in [0.2, 0.25) is 5.91 Å². The minimum Gasteiger partial charge on any atom is -0.353 e. The number of amides is 1. The van der Waals surface area contributed by atoms with E-state index in [0.29, 0.717) is 25.7 Å². The van der Waals surface area contributed by atoms with Gasteiger partial charge in [0.15, 0.2) is 5.79 Å². The Kier molecular flexibility index (Phi) is 3.26.